The second kappa shape index (κ2) is 3.21. The first-order chi connectivity index (χ1) is 5.49. The fraction of sp³-hybridized carbons (Fsp3) is 0.889. The van der Waals surface area contributed by atoms with Crippen molar-refractivity contribution in [1.82, 2.24) is 5.32 Å². The molecule has 0 aromatic heterocycles. The SMILES string of the molecule is CC(C)C1(C(C)C)CNC(=S)O1. The molecular weight excluding hydrogens is 170 g/mol. The molecule has 0 aromatic carbocycles. The molecule has 0 atom stereocenters. The van der Waals surface area contributed by atoms with Gasteiger partial charge < -0.3 is 10.1 Å². The Morgan fingerprint density at radius 2 is 1.83 bits per heavy atom. The molecular formula is C9H17NOS. The van der Waals surface area contributed by atoms with E-state index in [0.717, 1.165) is 6.54 Å². The van der Waals surface area contributed by atoms with Crippen LogP contribution in [0.3, 0.4) is 0 Å². The standard InChI is InChI=1S/C9H17NOS/c1-6(2)9(7(3)4)5-10-8(12)11-9/h6-7H,5H2,1-4H3,(H,10,12). The third-order valence-electron chi connectivity index (χ3n) is 2.75. The smallest absolute Gasteiger partial charge is 0.257 e. The van der Waals surface area contributed by atoms with E-state index in [2.05, 4.69) is 33.0 Å². The maximum absolute atomic E-state index is 5.69. The molecule has 0 radical (unpaired) electrons. The monoisotopic (exact) mass is 187 g/mol. The van der Waals surface area contributed by atoms with Crippen LogP contribution in [0.1, 0.15) is 27.7 Å². The Bertz CT molecular complexity index is 181. The first-order valence-corrected chi connectivity index (χ1v) is 4.86. The van der Waals surface area contributed by atoms with Crippen LogP contribution in [0.4, 0.5) is 0 Å². The van der Waals surface area contributed by atoms with Gasteiger partial charge in [0.2, 0.25) is 0 Å². The van der Waals surface area contributed by atoms with E-state index >= 15 is 0 Å². The molecule has 0 unspecified atom stereocenters. The average Bonchev–Trinajstić information content (AvgIpc) is 2.32. The fourth-order valence-corrected chi connectivity index (χ4v) is 1.99. The lowest BCUT2D eigenvalue weighted by molar-refractivity contribution is 0.000935. The van der Waals surface area contributed by atoms with Crippen LogP contribution < -0.4 is 5.32 Å². The van der Waals surface area contributed by atoms with E-state index in [9.17, 15) is 0 Å². The third kappa shape index (κ3) is 1.42. The topological polar surface area (TPSA) is 21.3 Å². The van der Waals surface area contributed by atoms with E-state index in [1.54, 1.807) is 0 Å². The molecule has 1 fully saturated rings. The van der Waals surface area contributed by atoms with Gasteiger partial charge in [-0.3, -0.25) is 0 Å². The van der Waals surface area contributed by atoms with Gasteiger partial charge in [0.15, 0.2) is 0 Å². The normalized spacial score (nSPS) is 21.3. The number of thiocarbonyl (C=S) groups is 1. The van der Waals surface area contributed by atoms with Crippen molar-refractivity contribution in [3.8, 4) is 0 Å². The minimum Gasteiger partial charge on any atom is -0.462 e. The molecule has 1 aliphatic rings. The summed E-state index contributed by atoms with van der Waals surface area (Å²) in [6.45, 7) is 9.55. The first kappa shape index (κ1) is 9.78. The van der Waals surface area contributed by atoms with Gasteiger partial charge in [-0.15, -0.1) is 0 Å². The fourth-order valence-electron chi connectivity index (χ4n) is 1.77. The van der Waals surface area contributed by atoms with Gasteiger partial charge in [-0.1, -0.05) is 27.7 Å². The highest BCUT2D eigenvalue weighted by Gasteiger charge is 2.44. The highest BCUT2D eigenvalue weighted by atomic mass is 32.1. The van der Waals surface area contributed by atoms with Crippen LogP contribution in [-0.4, -0.2) is 17.3 Å². The van der Waals surface area contributed by atoms with Crippen molar-refractivity contribution in [3.63, 3.8) is 0 Å². The van der Waals surface area contributed by atoms with Crippen LogP contribution in [0.2, 0.25) is 0 Å². The summed E-state index contributed by atoms with van der Waals surface area (Å²) in [5.74, 6) is 0.982. The molecule has 70 valence electrons. The largest absolute Gasteiger partial charge is 0.462 e. The van der Waals surface area contributed by atoms with Crippen LogP contribution >= 0.6 is 12.2 Å². The summed E-state index contributed by atoms with van der Waals surface area (Å²) in [7, 11) is 0. The zero-order chi connectivity index (χ0) is 9.35. The molecule has 0 amide bonds. The Morgan fingerprint density at radius 1 is 1.33 bits per heavy atom. The van der Waals surface area contributed by atoms with E-state index in [4.69, 9.17) is 17.0 Å². The molecule has 0 spiro atoms. The second-order valence-electron chi connectivity index (χ2n) is 4.01. The molecule has 0 aromatic rings. The van der Waals surface area contributed by atoms with E-state index in [0.29, 0.717) is 17.0 Å². The molecule has 3 heteroatoms. The van der Waals surface area contributed by atoms with Gasteiger partial charge in [0.05, 0.1) is 6.54 Å². The van der Waals surface area contributed by atoms with E-state index < -0.39 is 0 Å². The van der Waals surface area contributed by atoms with E-state index in [1.807, 2.05) is 0 Å². The van der Waals surface area contributed by atoms with Gasteiger partial charge in [0.1, 0.15) is 5.60 Å². The molecule has 0 saturated carbocycles. The van der Waals surface area contributed by atoms with Crippen molar-refractivity contribution in [1.29, 1.82) is 0 Å². The molecule has 12 heavy (non-hydrogen) atoms. The number of rotatable bonds is 2. The molecule has 2 nitrogen and oxygen atoms in total. The van der Waals surface area contributed by atoms with Crippen LogP contribution in [-0.2, 0) is 4.74 Å². The van der Waals surface area contributed by atoms with Crippen LogP contribution in [0, 0.1) is 11.8 Å². The lowest BCUT2D eigenvalue weighted by atomic mass is 9.81. The molecule has 0 bridgehead atoms. The van der Waals surface area contributed by atoms with Crippen LogP contribution in [0.25, 0.3) is 0 Å². The summed E-state index contributed by atoms with van der Waals surface area (Å²) >= 11 is 4.97. The Kier molecular flexibility index (Phi) is 2.61. The van der Waals surface area contributed by atoms with E-state index in [1.165, 1.54) is 0 Å². The quantitative estimate of drug-likeness (QED) is 0.668. The molecule has 1 N–H and O–H groups in total. The first-order valence-electron chi connectivity index (χ1n) is 4.46. The Labute approximate surface area is 79.7 Å². The van der Waals surface area contributed by atoms with Crippen LogP contribution in [0.5, 0.6) is 0 Å². The summed E-state index contributed by atoms with van der Waals surface area (Å²) in [4.78, 5) is 0. The Morgan fingerprint density at radius 3 is 2.00 bits per heavy atom. The van der Waals surface area contributed by atoms with Crippen molar-refractivity contribution in [3.05, 3.63) is 0 Å². The lowest BCUT2D eigenvalue weighted by Crippen LogP contribution is -2.44. The zero-order valence-corrected chi connectivity index (χ0v) is 8.99. The summed E-state index contributed by atoms with van der Waals surface area (Å²) in [6.07, 6.45) is 0. The van der Waals surface area contributed by atoms with Crippen molar-refractivity contribution >= 4 is 17.4 Å². The van der Waals surface area contributed by atoms with Gasteiger partial charge in [0, 0.05) is 0 Å². The minimum absolute atomic E-state index is 0.0862. The summed E-state index contributed by atoms with van der Waals surface area (Å²) < 4.78 is 5.69. The predicted molar refractivity (Wildman–Crippen MR) is 54.1 cm³/mol. The van der Waals surface area contributed by atoms with Crippen molar-refractivity contribution in [2.45, 2.75) is 33.3 Å². The highest BCUT2D eigenvalue weighted by molar-refractivity contribution is 7.80. The third-order valence-corrected chi connectivity index (χ3v) is 2.97. The number of hydrogen-bond donors (Lipinski definition) is 1. The maximum atomic E-state index is 5.69. The van der Waals surface area contributed by atoms with Gasteiger partial charge in [-0.25, -0.2) is 0 Å². The Balaban J connectivity index is 2.81. The Hall–Kier alpha value is -0.310. The highest BCUT2D eigenvalue weighted by Crippen LogP contribution is 2.32. The molecule has 1 heterocycles. The van der Waals surface area contributed by atoms with Gasteiger partial charge >= 0.3 is 0 Å². The van der Waals surface area contributed by atoms with Gasteiger partial charge in [0.25, 0.3) is 5.17 Å². The molecule has 0 aliphatic carbocycles. The maximum Gasteiger partial charge on any atom is 0.257 e. The summed E-state index contributed by atoms with van der Waals surface area (Å²) in [5, 5.41) is 3.64. The zero-order valence-electron chi connectivity index (χ0n) is 8.18. The van der Waals surface area contributed by atoms with Crippen LogP contribution in [0.15, 0.2) is 0 Å². The molecule has 1 aliphatic heterocycles. The molecule has 1 rings (SSSR count). The summed E-state index contributed by atoms with van der Waals surface area (Å²) in [5.41, 5.74) is -0.0862. The number of nitrogens with one attached hydrogen (secondary N) is 1. The minimum atomic E-state index is -0.0862. The molecule has 1 saturated heterocycles. The lowest BCUT2D eigenvalue weighted by Gasteiger charge is -2.34. The van der Waals surface area contributed by atoms with Crippen molar-refractivity contribution in [2.75, 3.05) is 6.54 Å². The van der Waals surface area contributed by atoms with Gasteiger partial charge in [-0.05, 0) is 24.1 Å². The second-order valence-corrected chi connectivity index (χ2v) is 4.38. The van der Waals surface area contributed by atoms with Crippen molar-refractivity contribution < 1.29 is 4.74 Å². The number of ether oxygens (including phenoxy) is 1. The van der Waals surface area contributed by atoms with Crippen molar-refractivity contribution in [2.24, 2.45) is 11.8 Å². The predicted octanol–water partition coefficient (Wildman–Crippen LogP) is 1.94. The van der Waals surface area contributed by atoms with E-state index in [-0.39, 0.29) is 5.60 Å². The van der Waals surface area contributed by atoms with Gasteiger partial charge in [-0.2, -0.15) is 0 Å². The number of hydrogen-bond acceptors (Lipinski definition) is 2. The summed E-state index contributed by atoms with van der Waals surface area (Å²) in [6, 6.07) is 0. The average molecular weight is 187 g/mol.